The molecule has 0 aliphatic heterocycles. The van der Waals surface area contributed by atoms with Crippen molar-refractivity contribution in [2.75, 3.05) is 0 Å². The molecule has 0 saturated carbocycles. The number of rotatable bonds is 2. The van der Waals surface area contributed by atoms with Crippen LogP contribution in [0.4, 0.5) is 8.78 Å². The first-order valence-electron chi connectivity index (χ1n) is 4.04. The van der Waals surface area contributed by atoms with Crippen molar-refractivity contribution in [2.45, 2.75) is 19.4 Å². The van der Waals surface area contributed by atoms with Crippen molar-refractivity contribution >= 4 is 11.6 Å². The van der Waals surface area contributed by atoms with Gasteiger partial charge in [-0.3, -0.25) is 0 Å². The van der Waals surface area contributed by atoms with Gasteiger partial charge in [-0.1, -0.05) is 11.6 Å². The highest BCUT2D eigenvalue weighted by molar-refractivity contribution is 6.30. The van der Waals surface area contributed by atoms with E-state index in [-0.39, 0.29) is 23.0 Å². The number of benzene rings is 1. The van der Waals surface area contributed by atoms with Crippen molar-refractivity contribution in [1.29, 1.82) is 0 Å². The molecule has 78 valence electrons. The van der Waals surface area contributed by atoms with Crippen molar-refractivity contribution in [2.24, 2.45) is 5.73 Å². The highest BCUT2D eigenvalue weighted by Gasteiger charge is 2.17. The van der Waals surface area contributed by atoms with Crippen molar-refractivity contribution in [3.63, 3.8) is 0 Å². The fraction of sp³-hybridized carbons (Fsp3) is 0.333. The maximum atomic E-state index is 13.0. The first-order valence-corrected chi connectivity index (χ1v) is 4.42. The Bertz CT molecular complexity index is 355. The zero-order valence-electron chi connectivity index (χ0n) is 7.52. The molecule has 1 rings (SSSR count). The summed E-state index contributed by atoms with van der Waals surface area (Å²) in [6.07, 6.45) is 0.239. The molecule has 3 N–H and O–H groups in total. The largest absolute Gasteiger partial charge is 0.505 e. The van der Waals surface area contributed by atoms with Crippen LogP contribution in [0.15, 0.2) is 6.07 Å². The standard InChI is InChI=1S/C9H10ClF2NO/c1-4(13)2-5-3-6(10)7(11)8(12)9(5)14/h3-4,14H,2,13H2,1H3. The first kappa shape index (κ1) is 11.2. The predicted octanol–water partition coefficient (Wildman–Crippen LogP) is 2.21. The molecule has 1 atom stereocenters. The number of hydrogen-bond acceptors (Lipinski definition) is 2. The zero-order chi connectivity index (χ0) is 10.9. The third-order valence-corrected chi connectivity index (χ3v) is 2.03. The van der Waals surface area contributed by atoms with E-state index in [1.165, 1.54) is 6.07 Å². The van der Waals surface area contributed by atoms with Crippen LogP contribution in [0.2, 0.25) is 5.02 Å². The fourth-order valence-corrected chi connectivity index (χ4v) is 1.35. The predicted molar refractivity (Wildman–Crippen MR) is 50.4 cm³/mol. The normalized spacial score (nSPS) is 12.9. The monoisotopic (exact) mass is 221 g/mol. The lowest BCUT2D eigenvalue weighted by atomic mass is 10.1. The summed E-state index contributed by atoms with van der Waals surface area (Å²) >= 11 is 5.41. The number of phenolic OH excluding ortho intramolecular Hbond substituents is 1. The molecular formula is C9H10ClF2NO. The van der Waals surface area contributed by atoms with E-state index >= 15 is 0 Å². The Kier molecular flexibility index (Phi) is 3.29. The molecule has 14 heavy (non-hydrogen) atoms. The molecule has 1 aromatic rings. The third kappa shape index (κ3) is 2.13. The van der Waals surface area contributed by atoms with E-state index in [2.05, 4.69) is 0 Å². The van der Waals surface area contributed by atoms with Crippen LogP contribution in [0, 0.1) is 11.6 Å². The van der Waals surface area contributed by atoms with Gasteiger partial charge in [-0.25, -0.2) is 4.39 Å². The Hall–Kier alpha value is -0.870. The Morgan fingerprint density at radius 2 is 2.07 bits per heavy atom. The van der Waals surface area contributed by atoms with Crippen LogP contribution in [-0.2, 0) is 6.42 Å². The van der Waals surface area contributed by atoms with Crippen molar-refractivity contribution < 1.29 is 13.9 Å². The number of aromatic hydroxyl groups is 1. The number of phenols is 1. The topological polar surface area (TPSA) is 46.2 Å². The van der Waals surface area contributed by atoms with Crippen LogP contribution in [0.5, 0.6) is 5.75 Å². The Morgan fingerprint density at radius 1 is 1.50 bits per heavy atom. The van der Waals surface area contributed by atoms with Crippen LogP contribution in [-0.4, -0.2) is 11.1 Å². The molecule has 1 aromatic carbocycles. The van der Waals surface area contributed by atoms with E-state index in [9.17, 15) is 13.9 Å². The van der Waals surface area contributed by atoms with Gasteiger partial charge in [-0.15, -0.1) is 0 Å². The summed E-state index contributed by atoms with van der Waals surface area (Å²) < 4.78 is 25.8. The zero-order valence-corrected chi connectivity index (χ0v) is 8.28. The van der Waals surface area contributed by atoms with E-state index in [0.717, 1.165) is 0 Å². The van der Waals surface area contributed by atoms with Gasteiger partial charge in [0.15, 0.2) is 11.6 Å². The molecule has 0 spiro atoms. The van der Waals surface area contributed by atoms with Gasteiger partial charge in [0, 0.05) is 11.6 Å². The molecule has 0 aliphatic carbocycles. The first-order chi connectivity index (χ1) is 6.43. The quantitative estimate of drug-likeness (QED) is 0.753. The second-order valence-electron chi connectivity index (χ2n) is 3.18. The molecule has 2 nitrogen and oxygen atoms in total. The van der Waals surface area contributed by atoms with Gasteiger partial charge in [-0.2, -0.15) is 4.39 Å². The summed E-state index contributed by atoms with van der Waals surface area (Å²) in [6, 6.07) is 0.917. The maximum absolute atomic E-state index is 13.0. The summed E-state index contributed by atoms with van der Waals surface area (Å²) in [4.78, 5) is 0. The molecule has 5 heteroatoms. The molecule has 0 heterocycles. The highest BCUT2D eigenvalue weighted by Crippen LogP contribution is 2.29. The van der Waals surface area contributed by atoms with Gasteiger partial charge in [0.2, 0.25) is 5.82 Å². The van der Waals surface area contributed by atoms with Gasteiger partial charge in [0.25, 0.3) is 0 Å². The summed E-state index contributed by atoms with van der Waals surface area (Å²) in [7, 11) is 0. The minimum atomic E-state index is -1.33. The van der Waals surface area contributed by atoms with Gasteiger partial charge >= 0.3 is 0 Å². The van der Waals surface area contributed by atoms with Crippen molar-refractivity contribution in [3.8, 4) is 5.75 Å². The van der Waals surface area contributed by atoms with Crippen LogP contribution in [0.1, 0.15) is 12.5 Å². The lowest BCUT2D eigenvalue weighted by Crippen LogP contribution is -2.18. The van der Waals surface area contributed by atoms with E-state index in [1.54, 1.807) is 6.92 Å². The van der Waals surface area contributed by atoms with E-state index in [4.69, 9.17) is 17.3 Å². The lowest BCUT2D eigenvalue weighted by molar-refractivity contribution is 0.400. The van der Waals surface area contributed by atoms with Crippen LogP contribution in [0.25, 0.3) is 0 Å². The number of hydrogen-bond donors (Lipinski definition) is 2. The molecule has 0 radical (unpaired) electrons. The average molecular weight is 222 g/mol. The minimum Gasteiger partial charge on any atom is -0.505 e. The molecule has 0 saturated heterocycles. The van der Waals surface area contributed by atoms with E-state index in [1.807, 2.05) is 0 Å². The van der Waals surface area contributed by atoms with Crippen molar-refractivity contribution in [1.82, 2.24) is 0 Å². The molecule has 0 bridgehead atoms. The van der Waals surface area contributed by atoms with E-state index in [0.29, 0.717) is 0 Å². The van der Waals surface area contributed by atoms with Crippen LogP contribution in [0.3, 0.4) is 0 Å². The van der Waals surface area contributed by atoms with Gasteiger partial charge in [0.05, 0.1) is 5.02 Å². The molecule has 0 aliphatic rings. The lowest BCUT2D eigenvalue weighted by Gasteiger charge is -2.09. The highest BCUT2D eigenvalue weighted by atomic mass is 35.5. The Labute approximate surface area is 85.3 Å². The Morgan fingerprint density at radius 3 is 2.57 bits per heavy atom. The SMILES string of the molecule is CC(N)Cc1cc(Cl)c(F)c(F)c1O. The second kappa shape index (κ2) is 4.11. The smallest absolute Gasteiger partial charge is 0.202 e. The fourth-order valence-electron chi connectivity index (χ4n) is 1.14. The number of halogens is 3. The van der Waals surface area contributed by atoms with Gasteiger partial charge in [-0.05, 0) is 19.4 Å². The Balaban J connectivity index is 3.19. The minimum absolute atomic E-state index is 0.212. The molecule has 0 aromatic heterocycles. The molecule has 0 amide bonds. The van der Waals surface area contributed by atoms with Crippen LogP contribution < -0.4 is 5.73 Å². The summed E-state index contributed by atoms with van der Waals surface area (Å²) in [6.45, 7) is 1.69. The molecule has 1 unspecified atom stereocenters. The second-order valence-corrected chi connectivity index (χ2v) is 3.58. The third-order valence-electron chi connectivity index (χ3n) is 1.76. The van der Waals surface area contributed by atoms with Gasteiger partial charge < -0.3 is 10.8 Å². The number of nitrogens with two attached hydrogens (primary N) is 1. The summed E-state index contributed by atoms with van der Waals surface area (Å²) in [5, 5.41) is 8.87. The summed E-state index contributed by atoms with van der Waals surface area (Å²) in [5.41, 5.74) is 5.67. The molecular weight excluding hydrogens is 212 g/mol. The summed E-state index contributed by atoms with van der Waals surface area (Å²) in [5.74, 6) is -3.28. The average Bonchev–Trinajstić information content (AvgIpc) is 2.10. The maximum Gasteiger partial charge on any atom is 0.202 e. The van der Waals surface area contributed by atoms with Crippen LogP contribution >= 0.6 is 11.6 Å². The molecule has 0 fully saturated rings. The van der Waals surface area contributed by atoms with Crippen molar-refractivity contribution in [3.05, 3.63) is 28.3 Å². The van der Waals surface area contributed by atoms with Gasteiger partial charge in [0.1, 0.15) is 0 Å². The van der Waals surface area contributed by atoms with E-state index < -0.39 is 17.4 Å².